The molecule has 0 atom stereocenters. The van der Waals surface area contributed by atoms with Crippen LogP contribution >= 0.6 is 0 Å². The number of benzene rings is 1. The van der Waals surface area contributed by atoms with Gasteiger partial charge in [-0.2, -0.15) is 0 Å². The van der Waals surface area contributed by atoms with E-state index in [1.54, 1.807) is 6.92 Å². The molecular formula is C13H17NO. The van der Waals surface area contributed by atoms with Crippen LogP contribution in [0.4, 0.5) is 0 Å². The molecule has 0 saturated heterocycles. The largest absolute Gasteiger partial charge is 0.338 e. The minimum atomic E-state index is 0.186. The van der Waals surface area contributed by atoms with Gasteiger partial charge in [0.1, 0.15) is 0 Å². The molecule has 1 aromatic rings. The molecule has 0 bridgehead atoms. The summed E-state index contributed by atoms with van der Waals surface area (Å²) in [6, 6.07) is 10.2. The van der Waals surface area contributed by atoms with Crippen molar-refractivity contribution in [2.45, 2.75) is 26.3 Å². The van der Waals surface area contributed by atoms with E-state index in [2.05, 4.69) is 12.1 Å². The van der Waals surface area contributed by atoms with Crippen molar-refractivity contribution in [3.8, 4) is 0 Å². The van der Waals surface area contributed by atoms with E-state index < -0.39 is 0 Å². The molecule has 0 unspecified atom stereocenters. The first-order valence-corrected chi connectivity index (χ1v) is 5.55. The van der Waals surface area contributed by atoms with Gasteiger partial charge in [0.15, 0.2) is 0 Å². The van der Waals surface area contributed by atoms with Crippen LogP contribution in [0, 0.1) is 5.92 Å². The van der Waals surface area contributed by atoms with Gasteiger partial charge >= 0.3 is 0 Å². The molecule has 0 N–H and O–H groups in total. The summed E-state index contributed by atoms with van der Waals surface area (Å²) in [6.07, 6.45) is 2.58. The minimum absolute atomic E-state index is 0.186. The lowest BCUT2D eigenvalue weighted by molar-refractivity contribution is -0.129. The Labute approximate surface area is 90.9 Å². The standard InChI is InChI=1S/C13H17NO/c1-11(15)14(10-13-7-8-13)9-12-5-3-2-4-6-12/h2-6,13H,7-10H2,1H3. The summed E-state index contributed by atoms with van der Waals surface area (Å²) in [5.74, 6) is 0.948. The second-order valence-electron chi connectivity index (χ2n) is 4.33. The third-order valence-corrected chi connectivity index (χ3v) is 2.84. The molecule has 15 heavy (non-hydrogen) atoms. The zero-order chi connectivity index (χ0) is 10.7. The first kappa shape index (κ1) is 10.2. The van der Waals surface area contributed by atoms with Crippen LogP contribution in [0.25, 0.3) is 0 Å². The Morgan fingerprint density at radius 3 is 2.53 bits per heavy atom. The van der Waals surface area contributed by atoms with Crippen LogP contribution in [0.5, 0.6) is 0 Å². The smallest absolute Gasteiger partial charge is 0.219 e. The van der Waals surface area contributed by atoms with Crippen LogP contribution in [0.1, 0.15) is 25.3 Å². The minimum Gasteiger partial charge on any atom is -0.338 e. The Hall–Kier alpha value is -1.31. The van der Waals surface area contributed by atoms with Gasteiger partial charge in [-0.15, -0.1) is 0 Å². The summed E-state index contributed by atoms with van der Waals surface area (Å²) >= 11 is 0. The molecule has 2 nitrogen and oxygen atoms in total. The fourth-order valence-electron chi connectivity index (χ4n) is 1.72. The van der Waals surface area contributed by atoms with Gasteiger partial charge in [-0.1, -0.05) is 30.3 Å². The van der Waals surface area contributed by atoms with Crippen LogP contribution in [-0.2, 0) is 11.3 Å². The van der Waals surface area contributed by atoms with Crippen molar-refractivity contribution in [3.05, 3.63) is 35.9 Å². The number of rotatable bonds is 4. The molecule has 1 saturated carbocycles. The molecule has 2 heteroatoms. The molecule has 80 valence electrons. The van der Waals surface area contributed by atoms with Crippen molar-refractivity contribution in [1.29, 1.82) is 0 Å². The normalized spacial score (nSPS) is 15.0. The van der Waals surface area contributed by atoms with Gasteiger partial charge in [0.05, 0.1) is 0 Å². The van der Waals surface area contributed by atoms with Gasteiger partial charge < -0.3 is 4.90 Å². The number of carbonyl (C=O) groups excluding carboxylic acids is 1. The lowest BCUT2D eigenvalue weighted by atomic mass is 10.2. The molecule has 1 amide bonds. The number of amides is 1. The SMILES string of the molecule is CC(=O)N(Cc1ccccc1)CC1CC1. The summed E-state index contributed by atoms with van der Waals surface area (Å²) in [7, 11) is 0. The highest BCUT2D eigenvalue weighted by molar-refractivity contribution is 5.73. The maximum absolute atomic E-state index is 11.4. The van der Waals surface area contributed by atoms with E-state index in [1.807, 2.05) is 23.1 Å². The monoisotopic (exact) mass is 203 g/mol. The third-order valence-electron chi connectivity index (χ3n) is 2.84. The van der Waals surface area contributed by atoms with Crippen molar-refractivity contribution in [2.75, 3.05) is 6.54 Å². The molecule has 0 spiro atoms. The van der Waals surface area contributed by atoms with E-state index >= 15 is 0 Å². The average molecular weight is 203 g/mol. The Balaban J connectivity index is 1.96. The zero-order valence-electron chi connectivity index (χ0n) is 9.15. The molecular weight excluding hydrogens is 186 g/mol. The molecule has 1 aliphatic carbocycles. The van der Waals surface area contributed by atoms with Crippen LogP contribution in [0.3, 0.4) is 0 Å². The molecule has 1 aromatic carbocycles. The highest BCUT2D eigenvalue weighted by Gasteiger charge is 2.25. The van der Waals surface area contributed by atoms with E-state index in [4.69, 9.17) is 0 Å². The Kier molecular flexibility index (Phi) is 3.05. The Morgan fingerprint density at radius 2 is 2.00 bits per heavy atom. The topological polar surface area (TPSA) is 20.3 Å². The average Bonchev–Trinajstić information content (AvgIpc) is 3.02. The molecule has 2 rings (SSSR count). The van der Waals surface area contributed by atoms with Gasteiger partial charge in [0.2, 0.25) is 5.91 Å². The van der Waals surface area contributed by atoms with E-state index in [0.29, 0.717) is 0 Å². The Bertz CT molecular complexity index is 330. The number of carbonyl (C=O) groups is 1. The van der Waals surface area contributed by atoms with Gasteiger partial charge in [0, 0.05) is 20.0 Å². The van der Waals surface area contributed by atoms with Gasteiger partial charge in [-0.25, -0.2) is 0 Å². The van der Waals surface area contributed by atoms with Crippen molar-refractivity contribution < 1.29 is 4.79 Å². The van der Waals surface area contributed by atoms with Crippen LogP contribution in [0.15, 0.2) is 30.3 Å². The molecule has 1 aliphatic rings. The highest BCUT2D eigenvalue weighted by atomic mass is 16.2. The van der Waals surface area contributed by atoms with Crippen molar-refractivity contribution in [2.24, 2.45) is 5.92 Å². The number of hydrogen-bond donors (Lipinski definition) is 0. The van der Waals surface area contributed by atoms with Gasteiger partial charge in [0.25, 0.3) is 0 Å². The van der Waals surface area contributed by atoms with Gasteiger partial charge in [-0.05, 0) is 24.3 Å². The van der Waals surface area contributed by atoms with E-state index in [0.717, 1.165) is 19.0 Å². The predicted molar refractivity (Wildman–Crippen MR) is 60.3 cm³/mol. The van der Waals surface area contributed by atoms with Gasteiger partial charge in [-0.3, -0.25) is 4.79 Å². The summed E-state index contributed by atoms with van der Waals surface area (Å²) in [5.41, 5.74) is 1.22. The van der Waals surface area contributed by atoms with Crippen LogP contribution in [0.2, 0.25) is 0 Å². The quantitative estimate of drug-likeness (QED) is 0.736. The Morgan fingerprint density at radius 1 is 1.33 bits per heavy atom. The first-order valence-electron chi connectivity index (χ1n) is 5.55. The predicted octanol–water partition coefficient (Wildman–Crippen LogP) is 2.45. The van der Waals surface area contributed by atoms with Crippen LogP contribution < -0.4 is 0 Å². The highest BCUT2D eigenvalue weighted by Crippen LogP contribution is 2.30. The molecule has 0 aromatic heterocycles. The van der Waals surface area contributed by atoms with Crippen molar-refractivity contribution in [3.63, 3.8) is 0 Å². The molecule has 0 radical (unpaired) electrons. The molecule has 0 aliphatic heterocycles. The molecule has 0 heterocycles. The summed E-state index contributed by atoms with van der Waals surface area (Å²) in [4.78, 5) is 13.4. The summed E-state index contributed by atoms with van der Waals surface area (Å²) < 4.78 is 0. The zero-order valence-corrected chi connectivity index (χ0v) is 9.15. The molecule has 1 fully saturated rings. The maximum Gasteiger partial charge on any atom is 0.219 e. The van der Waals surface area contributed by atoms with E-state index in [1.165, 1.54) is 18.4 Å². The lowest BCUT2D eigenvalue weighted by Crippen LogP contribution is -2.30. The fourth-order valence-corrected chi connectivity index (χ4v) is 1.72. The summed E-state index contributed by atoms with van der Waals surface area (Å²) in [5, 5.41) is 0. The van der Waals surface area contributed by atoms with Crippen LogP contribution in [-0.4, -0.2) is 17.4 Å². The van der Waals surface area contributed by atoms with Crippen molar-refractivity contribution in [1.82, 2.24) is 4.90 Å². The maximum atomic E-state index is 11.4. The first-order chi connectivity index (χ1) is 7.25. The number of nitrogens with zero attached hydrogens (tertiary/aromatic N) is 1. The number of hydrogen-bond acceptors (Lipinski definition) is 1. The fraction of sp³-hybridized carbons (Fsp3) is 0.462. The second-order valence-corrected chi connectivity index (χ2v) is 4.33. The van der Waals surface area contributed by atoms with Crippen molar-refractivity contribution >= 4 is 5.91 Å². The van der Waals surface area contributed by atoms with E-state index in [-0.39, 0.29) is 5.91 Å². The third kappa shape index (κ3) is 3.08. The van der Waals surface area contributed by atoms with E-state index in [9.17, 15) is 4.79 Å². The lowest BCUT2D eigenvalue weighted by Gasteiger charge is -2.20. The summed E-state index contributed by atoms with van der Waals surface area (Å²) in [6.45, 7) is 3.35. The second kappa shape index (κ2) is 4.47.